The second-order valence-electron chi connectivity index (χ2n) is 7.65. The summed E-state index contributed by atoms with van der Waals surface area (Å²) in [6.07, 6.45) is 0.753. The van der Waals surface area contributed by atoms with E-state index < -0.39 is 40.1 Å². The lowest BCUT2D eigenvalue weighted by Gasteiger charge is -2.47. The van der Waals surface area contributed by atoms with Crippen LogP contribution < -0.4 is 5.73 Å². The summed E-state index contributed by atoms with van der Waals surface area (Å²) in [5.41, 5.74) is 4.23. The first kappa shape index (κ1) is 22.9. The van der Waals surface area contributed by atoms with Crippen molar-refractivity contribution in [2.45, 2.75) is 26.2 Å². The SMILES string of the molecule is CC12C(=O)C3=C(O)c4c(O)cccc4CC3CC1CC(=O)C(C(N)=O)=C2O.S.S. The van der Waals surface area contributed by atoms with Gasteiger partial charge in [-0.1, -0.05) is 12.1 Å². The highest BCUT2D eigenvalue weighted by atomic mass is 32.1. The van der Waals surface area contributed by atoms with Gasteiger partial charge in [0.1, 0.15) is 22.8 Å². The van der Waals surface area contributed by atoms with E-state index in [1.54, 1.807) is 12.1 Å². The van der Waals surface area contributed by atoms with E-state index >= 15 is 0 Å². The quantitative estimate of drug-likeness (QED) is 0.495. The fraction of sp³-hybridized carbons (Fsp3) is 0.350. The molecule has 0 heterocycles. The summed E-state index contributed by atoms with van der Waals surface area (Å²) in [7, 11) is 0. The molecule has 3 aliphatic rings. The molecule has 0 radical (unpaired) electrons. The molecule has 5 N–H and O–H groups in total. The molecule has 1 fully saturated rings. The fourth-order valence-corrected chi connectivity index (χ4v) is 4.82. The molecule has 29 heavy (non-hydrogen) atoms. The number of fused-ring (bicyclic) bond motifs is 3. The van der Waals surface area contributed by atoms with Crippen LogP contribution in [0.5, 0.6) is 5.75 Å². The minimum Gasteiger partial charge on any atom is -0.510 e. The molecule has 0 saturated heterocycles. The Hall–Kier alpha value is -2.39. The highest BCUT2D eigenvalue weighted by molar-refractivity contribution is 7.59. The van der Waals surface area contributed by atoms with Crippen molar-refractivity contribution in [3.05, 3.63) is 46.2 Å². The van der Waals surface area contributed by atoms with Gasteiger partial charge in [0.15, 0.2) is 11.6 Å². The monoisotopic (exact) mass is 437 g/mol. The summed E-state index contributed by atoms with van der Waals surface area (Å²) in [6.45, 7) is 1.47. The van der Waals surface area contributed by atoms with Crippen molar-refractivity contribution in [2.24, 2.45) is 23.0 Å². The number of Topliss-reactive ketones (excluding diaryl/α,β-unsaturated/α-hetero) is 2. The van der Waals surface area contributed by atoms with Crippen LogP contribution in [-0.4, -0.2) is 32.8 Å². The fourth-order valence-electron chi connectivity index (χ4n) is 4.82. The van der Waals surface area contributed by atoms with Crippen molar-refractivity contribution in [1.29, 1.82) is 0 Å². The number of nitrogens with two attached hydrogens (primary N) is 1. The van der Waals surface area contributed by atoms with Gasteiger partial charge in [-0.25, -0.2) is 0 Å². The zero-order chi connectivity index (χ0) is 19.7. The van der Waals surface area contributed by atoms with Crippen LogP contribution >= 0.6 is 27.0 Å². The van der Waals surface area contributed by atoms with Gasteiger partial charge in [-0.3, -0.25) is 14.4 Å². The Morgan fingerprint density at radius 2 is 1.79 bits per heavy atom. The molecule has 3 aliphatic carbocycles. The molecule has 0 aliphatic heterocycles. The minimum atomic E-state index is -1.51. The molecule has 1 amide bonds. The highest BCUT2D eigenvalue weighted by Gasteiger charge is 2.58. The summed E-state index contributed by atoms with van der Waals surface area (Å²) >= 11 is 0. The molecule has 7 nitrogen and oxygen atoms in total. The Kier molecular flexibility index (Phi) is 5.89. The van der Waals surface area contributed by atoms with Gasteiger partial charge in [0.2, 0.25) is 0 Å². The Morgan fingerprint density at radius 1 is 1.14 bits per heavy atom. The van der Waals surface area contributed by atoms with E-state index in [1.165, 1.54) is 13.0 Å². The van der Waals surface area contributed by atoms with E-state index in [0.717, 1.165) is 5.56 Å². The van der Waals surface area contributed by atoms with E-state index in [2.05, 4.69) is 0 Å². The number of phenols is 1. The predicted octanol–water partition coefficient (Wildman–Crippen LogP) is 1.92. The lowest BCUT2D eigenvalue weighted by Crippen LogP contribution is -2.51. The highest BCUT2D eigenvalue weighted by Crippen LogP contribution is 2.55. The van der Waals surface area contributed by atoms with E-state index in [9.17, 15) is 29.7 Å². The van der Waals surface area contributed by atoms with Gasteiger partial charge in [-0.2, -0.15) is 27.0 Å². The third-order valence-electron chi connectivity index (χ3n) is 6.28. The number of aliphatic hydroxyl groups excluding tert-OH is 2. The van der Waals surface area contributed by atoms with Crippen molar-refractivity contribution in [3.8, 4) is 5.75 Å². The predicted molar refractivity (Wildman–Crippen MR) is 115 cm³/mol. The summed E-state index contributed by atoms with van der Waals surface area (Å²) in [5, 5.41) is 31.5. The summed E-state index contributed by atoms with van der Waals surface area (Å²) in [5.74, 6) is -4.08. The van der Waals surface area contributed by atoms with Crippen LogP contribution in [0.3, 0.4) is 0 Å². The van der Waals surface area contributed by atoms with Crippen LogP contribution in [-0.2, 0) is 20.8 Å². The number of aromatic hydroxyl groups is 1. The van der Waals surface area contributed by atoms with Crippen LogP contribution in [0, 0.1) is 17.3 Å². The topological polar surface area (TPSA) is 138 Å². The molecule has 1 saturated carbocycles. The molecular weight excluding hydrogens is 414 g/mol. The van der Waals surface area contributed by atoms with Crippen molar-refractivity contribution >= 4 is 50.2 Å². The number of amides is 1. The maximum Gasteiger partial charge on any atom is 0.255 e. The van der Waals surface area contributed by atoms with Gasteiger partial charge < -0.3 is 21.1 Å². The first-order chi connectivity index (χ1) is 12.7. The number of allylic oxidation sites excluding steroid dienone is 2. The first-order valence-corrected chi connectivity index (χ1v) is 8.73. The number of ketones is 2. The Bertz CT molecular complexity index is 999. The molecule has 3 unspecified atom stereocenters. The molecule has 0 spiro atoms. The van der Waals surface area contributed by atoms with Crippen LogP contribution in [0.1, 0.15) is 30.9 Å². The average Bonchev–Trinajstić information content (AvgIpc) is 2.57. The molecule has 0 aromatic heterocycles. The number of primary amides is 1. The molecule has 156 valence electrons. The number of carbonyl (C=O) groups excluding carboxylic acids is 3. The lowest BCUT2D eigenvalue weighted by molar-refractivity contribution is -0.134. The lowest BCUT2D eigenvalue weighted by atomic mass is 9.54. The normalized spacial score (nSPS) is 27.9. The Balaban J connectivity index is 0.00000150. The number of phenolic OH excluding ortho intramolecular Hbond substituents is 1. The zero-order valence-electron chi connectivity index (χ0n) is 15.7. The van der Waals surface area contributed by atoms with Crippen LogP contribution in [0.4, 0.5) is 0 Å². The Morgan fingerprint density at radius 3 is 2.41 bits per heavy atom. The van der Waals surface area contributed by atoms with Crippen molar-refractivity contribution in [1.82, 2.24) is 0 Å². The summed E-state index contributed by atoms with van der Waals surface area (Å²) in [6, 6.07) is 4.86. The van der Waals surface area contributed by atoms with Crippen molar-refractivity contribution in [3.63, 3.8) is 0 Å². The number of benzene rings is 1. The van der Waals surface area contributed by atoms with Crippen LogP contribution in [0.15, 0.2) is 35.1 Å². The Labute approximate surface area is 181 Å². The van der Waals surface area contributed by atoms with Gasteiger partial charge in [0.05, 0.1) is 11.0 Å². The average molecular weight is 438 g/mol. The molecular formula is C20H23NO6S2. The van der Waals surface area contributed by atoms with Crippen LogP contribution in [0.2, 0.25) is 0 Å². The van der Waals surface area contributed by atoms with Gasteiger partial charge in [0, 0.05) is 12.0 Å². The first-order valence-electron chi connectivity index (χ1n) is 8.73. The number of rotatable bonds is 1. The largest absolute Gasteiger partial charge is 0.510 e. The number of carbonyl (C=O) groups is 3. The number of hydrogen-bond donors (Lipinski definition) is 4. The standard InChI is InChI=1S/C20H19NO6.2H2S/c1-20-10(7-12(23)15(18(20)26)19(21)27)6-9-5-8-3-2-4-11(22)13(8)16(24)14(9)17(20)25;;/h2-4,9-10,22,24,26H,5-7H2,1H3,(H2,21,27);2*1H2. The molecule has 3 atom stereocenters. The van der Waals surface area contributed by atoms with E-state index in [1.807, 2.05) is 0 Å². The molecule has 1 aromatic rings. The molecule has 9 heteroatoms. The third kappa shape index (κ3) is 2.95. The molecule has 1 aromatic carbocycles. The maximum atomic E-state index is 13.4. The summed E-state index contributed by atoms with van der Waals surface area (Å²) in [4.78, 5) is 37.3. The van der Waals surface area contributed by atoms with Gasteiger partial charge in [0.25, 0.3) is 5.91 Å². The summed E-state index contributed by atoms with van der Waals surface area (Å²) < 4.78 is 0. The van der Waals surface area contributed by atoms with E-state index in [4.69, 9.17) is 5.73 Å². The second kappa shape index (κ2) is 7.46. The van der Waals surface area contributed by atoms with E-state index in [0.29, 0.717) is 12.8 Å². The molecule has 0 bridgehead atoms. The number of hydrogen-bond acceptors (Lipinski definition) is 6. The number of aliphatic hydroxyl groups is 2. The second-order valence-corrected chi connectivity index (χ2v) is 7.65. The van der Waals surface area contributed by atoms with Gasteiger partial charge >= 0.3 is 0 Å². The zero-order valence-corrected chi connectivity index (χ0v) is 17.7. The third-order valence-corrected chi connectivity index (χ3v) is 6.28. The van der Waals surface area contributed by atoms with Gasteiger partial charge in [-0.05, 0) is 43.2 Å². The van der Waals surface area contributed by atoms with Crippen LogP contribution in [0.25, 0.3) is 5.76 Å². The molecule has 4 rings (SSSR count). The van der Waals surface area contributed by atoms with Gasteiger partial charge in [-0.15, -0.1) is 0 Å². The van der Waals surface area contributed by atoms with Crippen molar-refractivity contribution in [2.75, 3.05) is 0 Å². The van der Waals surface area contributed by atoms with Crippen molar-refractivity contribution < 1.29 is 29.7 Å². The minimum absolute atomic E-state index is 0. The maximum absolute atomic E-state index is 13.4. The van der Waals surface area contributed by atoms with E-state index in [-0.39, 0.29) is 62.0 Å². The smallest absolute Gasteiger partial charge is 0.255 e.